The Morgan fingerprint density at radius 3 is 2.45 bits per heavy atom. The second kappa shape index (κ2) is 7.87. The Bertz CT molecular complexity index is 1060. The summed E-state index contributed by atoms with van der Waals surface area (Å²) in [6.45, 7) is 1.49. The molecule has 0 fully saturated rings. The van der Waals surface area contributed by atoms with E-state index in [4.69, 9.17) is 4.74 Å². The molecule has 0 atom stereocenters. The molecule has 1 aliphatic heterocycles. The first-order chi connectivity index (χ1) is 13.6. The SMILES string of the molecule is COC(=O)C1=C(C)N(c2cccc(C(F)(F)F)c2)C(=O)/C1=C/c1cccc(Br)c1. The van der Waals surface area contributed by atoms with Crippen LogP contribution in [0.25, 0.3) is 6.08 Å². The summed E-state index contributed by atoms with van der Waals surface area (Å²) in [6, 6.07) is 11.4. The molecule has 0 unspecified atom stereocenters. The van der Waals surface area contributed by atoms with Crippen LogP contribution in [-0.4, -0.2) is 19.0 Å². The lowest BCUT2D eigenvalue weighted by molar-refractivity contribution is -0.137. The van der Waals surface area contributed by atoms with E-state index >= 15 is 0 Å². The normalized spacial score (nSPS) is 16.0. The Morgan fingerprint density at radius 1 is 1.14 bits per heavy atom. The summed E-state index contributed by atoms with van der Waals surface area (Å²) in [4.78, 5) is 26.6. The van der Waals surface area contributed by atoms with Gasteiger partial charge in [-0.3, -0.25) is 9.69 Å². The van der Waals surface area contributed by atoms with E-state index in [-0.39, 0.29) is 22.5 Å². The highest BCUT2D eigenvalue weighted by Crippen LogP contribution is 2.38. The minimum Gasteiger partial charge on any atom is -0.465 e. The molecule has 1 aliphatic rings. The van der Waals surface area contributed by atoms with E-state index in [0.29, 0.717) is 5.56 Å². The quantitative estimate of drug-likeness (QED) is 0.453. The van der Waals surface area contributed by atoms with Crippen LogP contribution in [0.4, 0.5) is 18.9 Å². The van der Waals surface area contributed by atoms with E-state index in [1.54, 1.807) is 24.3 Å². The number of methoxy groups -OCH3 is 1. The summed E-state index contributed by atoms with van der Waals surface area (Å²) in [5, 5.41) is 0. The van der Waals surface area contributed by atoms with Gasteiger partial charge in [0.2, 0.25) is 0 Å². The highest BCUT2D eigenvalue weighted by molar-refractivity contribution is 9.10. The van der Waals surface area contributed by atoms with Crippen molar-refractivity contribution < 1.29 is 27.5 Å². The van der Waals surface area contributed by atoms with Crippen LogP contribution < -0.4 is 4.90 Å². The number of hydrogen-bond donors (Lipinski definition) is 0. The summed E-state index contributed by atoms with van der Waals surface area (Å²) < 4.78 is 44.9. The van der Waals surface area contributed by atoms with Crippen molar-refractivity contribution in [3.63, 3.8) is 0 Å². The Kier molecular flexibility index (Phi) is 5.66. The Balaban J connectivity index is 2.15. The Hall–Kier alpha value is -2.87. The van der Waals surface area contributed by atoms with Crippen molar-refractivity contribution in [3.8, 4) is 0 Å². The number of benzene rings is 2. The van der Waals surface area contributed by atoms with Gasteiger partial charge in [0, 0.05) is 15.9 Å². The monoisotopic (exact) mass is 465 g/mol. The third kappa shape index (κ3) is 4.12. The van der Waals surface area contributed by atoms with Gasteiger partial charge in [-0.15, -0.1) is 0 Å². The highest BCUT2D eigenvalue weighted by atomic mass is 79.9. The Labute approximate surface area is 173 Å². The van der Waals surface area contributed by atoms with Gasteiger partial charge >= 0.3 is 12.1 Å². The maximum Gasteiger partial charge on any atom is 0.416 e. The van der Waals surface area contributed by atoms with E-state index in [1.807, 2.05) is 0 Å². The summed E-state index contributed by atoms with van der Waals surface area (Å²) in [7, 11) is 1.18. The molecule has 2 aromatic rings. The smallest absolute Gasteiger partial charge is 0.416 e. The number of rotatable bonds is 3. The number of anilines is 1. The zero-order chi connectivity index (χ0) is 21.3. The van der Waals surface area contributed by atoms with Gasteiger partial charge in [0.25, 0.3) is 5.91 Å². The number of amides is 1. The molecule has 8 heteroatoms. The molecule has 0 saturated heterocycles. The van der Waals surface area contributed by atoms with Crippen LogP contribution >= 0.6 is 15.9 Å². The van der Waals surface area contributed by atoms with Crippen LogP contribution in [0, 0.1) is 0 Å². The summed E-state index contributed by atoms with van der Waals surface area (Å²) in [6.07, 6.45) is -3.05. The second-order valence-corrected chi connectivity index (χ2v) is 7.17. The zero-order valence-electron chi connectivity index (χ0n) is 15.4. The lowest BCUT2D eigenvalue weighted by Crippen LogP contribution is -2.24. The molecule has 0 radical (unpaired) electrons. The molecule has 3 rings (SSSR count). The van der Waals surface area contributed by atoms with Gasteiger partial charge in [-0.05, 0) is 48.9 Å². The lowest BCUT2D eigenvalue weighted by atomic mass is 10.0. The molecule has 0 bridgehead atoms. The maximum absolute atomic E-state index is 13.1. The van der Waals surface area contributed by atoms with E-state index < -0.39 is 23.6 Å². The molecule has 1 heterocycles. The number of esters is 1. The van der Waals surface area contributed by atoms with Crippen LogP contribution in [0.15, 0.2) is 69.8 Å². The second-order valence-electron chi connectivity index (χ2n) is 6.25. The van der Waals surface area contributed by atoms with Crippen LogP contribution in [0.2, 0.25) is 0 Å². The number of nitrogens with zero attached hydrogens (tertiary/aromatic N) is 1. The lowest BCUT2D eigenvalue weighted by Gasteiger charge is -2.19. The topological polar surface area (TPSA) is 46.6 Å². The molecule has 0 N–H and O–H groups in total. The van der Waals surface area contributed by atoms with Gasteiger partial charge in [0.05, 0.1) is 23.8 Å². The maximum atomic E-state index is 13.1. The van der Waals surface area contributed by atoms with Gasteiger partial charge in [0.15, 0.2) is 0 Å². The molecular formula is C21H15BrF3NO3. The number of halogens is 4. The first kappa shape index (κ1) is 20.9. The van der Waals surface area contributed by atoms with Gasteiger partial charge < -0.3 is 4.74 Å². The minimum absolute atomic E-state index is 0.00915. The van der Waals surface area contributed by atoms with Crippen molar-refractivity contribution >= 4 is 39.6 Å². The Morgan fingerprint density at radius 2 is 1.83 bits per heavy atom. The summed E-state index contributed by atoms with van der Waals surface area (Å²) >= 11 is 3.34. The molecular weight excluding hydrogens is 451 g/mol. The number of carbonyl (C=O) groups excluding carboxylic acids is 2. The van der Waals surface area contributed by atoms with Crippen LogP contribution in [0.5, 0.6) is 0 Å². The number of alkyl halides is 3. The largest absolute Gasteiger partial charge is 0.465 e. The summed E-state index contributed by atoms with van der Waals surface area (Å²) in [5.74, 6) is -1.35. The average molecular weight is 466 g/mol. The van der Waals surface area contributed by atoms with Crippen molar-refractivity contribution in [2.45, 2.75) is 13.1 Å². The molecule has 0 aliphatic carbocycles. The predicted octanol–water partition coefficient (Wildman–Crippen LogP) is 5.35. The summed E-state index contributed by atoms with van der Waals surface area (Å²) in [5.41, 5.74) is 0.0194. The van der Waals surface area contributed by atoms with Crippen molar-refractivity contribution in [3.05, 3.63) is 81.0 Å². The highest BCUT2D eigenvalue weighted by Gasteiger charge is 2.39. The van der Waals surface area contributed by atoms with Crippen LogP contribution in [-0.2, 0) is 20.5 Å². The minimum atomic E-state index is -4.56. The number of ether oxygens (including phenoxy) is 1. The molecule has 1 amide bonds. The molecule has 29 heavy (non-hydrogen) atoms. The molecule has 0 spiro atoms. The fraction of sp³-hybridized carbons (Fsp3) is 0.143. The van der Waals surface area contributed by atoms with Gasteiger partial charge in [0.1, 0.15) is 0 Å². The van der Waals surface area contributed by atoms with Crippen molar-refractivity contribution in [1.82, 2.24) is 0 Å². The van der Waals surface area contributed by atoms with E-state index in [9.17, 15) is 22.8 Å². The van der Waals surface area contributed by atoms with Gasteiger partial charge in [-0.25, -0.2) is 4.79 Å². The molecule has 2 aromatic carbocycles. The predicted molar refractivity (Wildman–Crippen MR) is 106 cm³/mol. The molecule has 0 aromatic heterocycles. The van der Waals surface area contributed by atoms with Gasteiger partial charge in [-0.1, -0.05) is 34.1 Å². The van der Waals surface area contributed by atoms with Crippen LogP contribution in [0.1, 0.15) is 18.1 Å². The molecule has 0 saturated carbocycles. The molecule has 4 nitrogen and oxygen atoms in total. The first-order valence-corrected chi connectivity index (χ1v) is 9.21. The zero-order valence-corrected chi connectivity index (χ0v) is 17.0. The average Bonchev–Trinajstić information content (AvgIpc) is 2.90. The first-order valence-electron chi connectivity index (χ1n) is 8.42. The molecule has 150 valence electrons. The van der Waals surface area contributed by atoms with E-state index in [1.165, 1.54) is 32.2 Å². The standard InChI is InChI=1S/C21H15BrF3NO3/c1-12-18(20(28)29-2)17(10-13-5-3-7-15(22)9-13)19(27)26(12)16-8-4-6-14(11-16)21(23,24)25/h3-11H,1-2H3/b17-10+. The number of hydrogen-bond acceptors (Lipinski definition) is 3. The number of carbonyl (C=O) groups is 2. The number of allylic oxidation sites excluding steroid dienone is 1. The third-order valence-corrected chi connectivity index (χ3v) is 4.87. The van der Waals surface area contributed by atoms with Crippen molar-refractivity contribution in [2.24, 2.45) is 0 Å². The van der Waals surface area contributed by atoms with Crippen LogP contribution in [0.3, 0.4) is 0 Å². The van der Waals surface area contributed by atoms with Gasteiger partial charge in [-0.2, -0.15) is 13.2 Å². The third-order valence-electron chi connectivity index (χ3n) is 4.38. The van der Waals surface area contributed by atoms with E-state index in [2.05, 4.69) is 15.9 Å². The fourth-order valence-electron chi connectivity index (χ4n) is 3.08. The van der Waals surface area contributed by atoms with E-state index in [0.717, 1.165) is 21.5 Å². The fourth-order valence-corrected chi connectivity index (χ4v) is 3.49. The van der Waals surface area contributed by atoms with Crippen molar-refractivity contribution in [1.29, 1.82) is 0 Å². The van der Waals surface area contributed by atoms with Crippen molar-refractivity contribution in [2.75, 3.05) is 12.0 Å².